The molecular formula is C12H15ClN2O5S. The van der Waals surface area contributed by atoms with Gasteiger partial charge in [-0.05, 0) is 12.0 Å². The first kappa shape index (κ1) is 17.4. The lowest BCUT2D eigenvalue weighted by Crippen LogP contribution is -2.30. The van der Waals surface area contributed by atoms with Crippen LogP contribution in [0.2, 0.25) is 0 Å². The largest absolute Gasteiger partial charge is 0.341 e. The minimum Gasteiger partial charge on any atom is -0.341 e. The fourth-order valence-electron chi connectivity index (χ4n) is 1.80. The van der Waals surface area contributed by atoms with Gasteiger partial charge in [0.15, 0.2) is 0 Å². The van der Waals surface area contributed by atoms with Gasteiger partial charge < -0.3 is 4.90 Å². The SMILES string of the molecule is CC(C)CN(C)C(=O)c1cc([N+](=O)[O-])cc(S(=O)(=O)Cl)c1. The highest BCUT2D eigenvalue weighted by atomic mass is 35.7. The van der Waals surface area contributed by atoms with Crippen molar-refractivity contribution in [3.8, 4) is 0 Å². The van der Waals surface area contributed by atoms with Gasteiger partial charge in [-0.25, -0.2) is 8.42 Å². The van der Waals surface area contributed by atoms with Gasteiger partial charge in [0.25, 0.3) is 20.6 Å². The summed E-state index contributed by atoms with van der Waals surface area (Å²) in [6.45, 7) is 4.25. The molecule has 1 amide bonds. The predicted octanol–water partition coefficient (Wildman–Crippen LogP) is 2.25. The van der Waals surface area contributed by atoms with Crippen molar-refractivity contribution >= 4 is 31.3 Å². The van der Waals surface area contributed by atoms with Gasteiger partial charge in [-0.3, -0.25) is 14.9 Å². The summed E-state index contributed by atoms with van der Waals surface area (Å²) in [7, 11) is 2.57. The molecule has 0 N–H and O–H groups in total. The molecule has 1 aromatic rings. The van der Waals surface area contributed by atoms with Crippen molar-refractivity contribution in [2.24, 2.45) is 5.92 Å². The molecule has 9 heteroatoms. The average molecular weight is 335 g/mol. The molecule has 0 fully saturated rings. The van der Waals surface area contributed by atoms with Gasteiger partial charge in [0.05, 0.1) is 9.82 Å². The third-order valence-electron chi connectivity index (χ3n) is 2.62. The zero-order chi connectivity index (χ0) is 16.4. The summed E-state index contributed by atoms with van der Waals surface area (Å²) in [5.74, 6) is -0.303. The maximum absolute atomic E-state index is 12.2. The molecule has 0 atom stereocenters. The van der Waals surface area contributed by atoms with E-state index in [0.29, 0.717) is 6.54 Å². The lowest BCUT2D eigenvalue weighted by Gasteiger charge is -2.19. The Kier molecular flexibility index (Phi) is 5.30. The summed E-state index contributed by atoms with van der Waals surface area (Å²) in [5, 5.41) is 10.8. The summed E-state index contributed by atoms with van der Waals surface area (Å²) in [6, 6.07) is 2.89. The molecule has 0 saturated heterocycles. The minimum atomic E-state index is -4.17. The summed E-state index contributed by atoms with van der Waals surface area (Å²) < 4.78 is 22.7. The van der Waals surface area contributed by atoms with Crippen molar-refractivity contribution in [1.29, 1.82) is 0 Å². The van der Waals surface area contributed by atoms with Gasteiger partial charge in [0, 0.05) is 42.0 Å². The summed E-state index contributed by atoms with van der Waals surface area (Å²) in [4.78, 5) is 23.2. The normalized spacial score (nSPS) is 11.5. The number of benzene rings is 1. The Balaban J connectivity index is 3.32. The molecule has 7 nitrogen and oxygen atoms in total. The van der Waals surface area contributed by atoms with Crippen LogP contribution in [0.5, 0.6) is 0 Å². The van der Waals surface area contributed by atoms with Gasteiger partial charge in [-0.1, -0.05) is 13.8 Å². The second-order valence-corrected chi connectivity index (χ2v) is 7.56. The van der Waals surface area contributed by atoms with E-state index in [1.807, 2.05) is 13.8 Å². The summed E-state index contributed by atoms with van der Waals surface area (Å²) in [6.07, 6.45) is 0. The molecule has 0 bridgehead atoms. The number of non-ortho nitro benzene ring substituents is 1. The van der Waals surface area contributed by atoms with Crippen molar-refractivity contribution in [1.82, 2.24) is 4.90 Å². The van der Waals surface area contributed by atoms with Gasteiger partial charge in [0.2, 0.25) is 0 Å². The van der Waals surface area contributed by atoms with Crippen molar-refractivity contribution in [3.05, 3.63) is 33.9 Å². The Morgan fingerprint density at radius 1 is 1.38 bits per heavy atom. The summed E-state index contributed by atoms with van der Waals surface area (Å²) in [5.41, 5.74) is -0.593. The molecule has 21 heavy (non-hydrogen) atoms. The van der Waals surface area contributed by atoms with Crippen molar-refractivity contribution < 1.29 is 18.1 Å². The quantitative estimate of drug-likeness (QED) is 0.467. The van der Waals surface area contributed by atoms with Crippen LogP contribution in [0, 0.1) is 16.0 Å². The number of carbonyl (C=O) groups excluding carboxylic acids is 1. The first-order valence-electron chi connectivity index (χ1n) is 6.02. The maximum Gasteiger partial charge on any atom is 0.271 e. The molecule has 0 aromatic heterocycles. The van der Waals surface area contributed by atoms with Crippen LogP contribution in [-0.4, -0.2) is 37.7 Å². The number of nitro benzene ring substituents is 1. The zero-order valence-corrected chi connectivity index (χ0v) is 13.3. The Labute approximate surface area is 127 Å². The molecular weight excluding hydrogens is 320 g/mol. The number of carbonyl (C=O) groups is 1. The highest BCUT2D eigenvalue weighted by Crippen LogP contribution is 2.24. The van der Waals surface area contributed by atoms with Gasteiger partial charge in [0.1, 0.15) is 0 Å². The molecule has 0 aliphatic carbocycles. The van der Waals surface area contributed by atoms with Crippen LogP contribution in [0.15, 0.2) is 23.1 Å². The first-order chi connectivity index (χ1) is 9.52. The number of nitro groups is 1. The van der Waals surface area contributed by atoms with E-state index in [1.54, 1.807) is 0 Å². The number of nitrogens with zero attached hydrogens (tertiary/aromatic N) is 2. The molecule has 0 heterocycles. The fourth-order valence-corrected chi connectivity index (χ4v) is 2.60. The number of amides is 1. The maximum atomic E-state index is 12.2. The Bertz CT molecular complexity index is 672. The standard InChI is InChI=1S/C12H15ClN2O5S/c1-8(2)7-14(3)12(16)9-4-10(15(17)18)6-11(5-9)21(13,19)20/h4-6,8H,7H2,1-3H3. The predicted molar refractivity (Wildman–Crippen MR) is 77.9 cm³/mol. The van der Waals surface area contributed by atoms with E-state index >= 15 is 0 Å². The Morgan fingerprint density at radius 2 is 1.95 bits per heavy atom. The van der Waals surface area contributed by atoms with Gasteiger partial charge in [-0.2, -0.15) is 0 Å². The number of hydrogen-bond acceptors (Lipinski definition) is 5. The molecule has 116 valence electrons. The smallest absolute Gasteiger partial charge is 0.271 e. The van der Waals surface area contributed by atoms with Crippen LogP contribution >= 0.6 is 10.7 Å². The Hall–Kier alpha value is -1.67. The third kappa shape index (κ3) is 4.68. The van der Waals surface area contributed by atoms with Crippen LogP contribution in [0.3, 0.4) is 0 Å². The van der Waals surface area contributed by atoms with E-state index in [2.05, 4.69) is 0 Å². The lowest BCUT2D eigenvalue weighted by molar-refractivity contribution is -0.385. The highest BCUT2D eigenvalue weighted by Gasteiger charge is 2.22. The van der Waals surface area contributed by atoms with E-state index in [-0.39, 0.29) is 11.5 Å². The average Bonchev–Trinajstić information content (AvgIpc) is 2.35. The Morgan fingerprint density at radius 3 is 2.38 bits per heavy atom. The lowest BCUT2D eigenvalue weighted by atomic mass is 10.1. The number of hydrogen-bond donors (Lipinski definition) is 0. The number of rotatable bonds is 5. The van der Waals surface area contributed by atoms with E-state index < -0.39 is 30.5 Å². The minimum absolute atomic E-state index is 0.0911. The summed E-state index contributed by atoms with van der Waals surface area (Å²) >= 11 is 0. The first-order valence-corrected chi connectivity index (χ1v) is 8.33. The van der Waals surface area contributed by atoms with E-state index in [0.717, 1.165) is 18.2 Å². The molecule has 0 saturated carbocycles. The molecule has 0 aliphatic heterocycles. The monoisotopic (exact) mass is 334 g/mol. The zero-order valence-electron chi connectivity index (χ0n) is 11.7. The molecule has 0 aliphatic rings. The second-order valence-electron chi connectivity index (χ2n) is 4.99. The second kappa shape index (κ2) is 6.40. The van der Waals surface area contributed by atoms with Crippen LogP contribution in [0.4, 0.5) is 5.69 Å². The topological polar surface area (TPSA) is 97.6 Å². The van der Waals surface area contributed by atoms with Crippen LogP contribution in [-0.2, 0) is 9.05 Å². The van der Waals surface area contributed by atoms with Crippen molar-refractivity contribution in [3.63, 3.8) is 0 Å². The molecule has 0 spiro atoms. The number of halogens is 1. The highest BCUT2D eigenvalue weighted by molar-refractivity contribution is 8.13. The molecule has 0 unspecified atom stereocenters. The van der Waals surface area contributed by atoms with Crippen molar-refractivity contribution in [2.75, 3.05) is 13.6 Å². The fraction of sp³-hybridized carbons (Fsp3) is 0.417. The van der Waals surface area contributed by atoms with E-state index in [1.165, 1.54) is 11.9 Å². The molecule has 1 aromatic carbocycles. The van der Waals surface area contributed by atoms with E-state index in [4.69, 9.17) is 10.7 Å². The molecule has 1 rings (SSSR count). The van der Waals surface area contributed by atoms with E-state index in [9.17, 15) is 23.3 Å². The molecule has 0 radical (unpaired) electrons. The van der Waals surface area contributed by atoms with Crippen LogP contribution in [0.1, 0.15) is 24.2 Å². The third-order valence-corrected chi connectivity index (χ3v) is 3.95. The van der Waals surface area contributed by atoms with Gasteiger partial charge in [-0.15, -0.1) is 0 Å². The van der Waals surface area contributed by atoms with Crippen LogP contribution < -0.4 is 0 Å². The van der Waals surface area contributed by atoms with Crippen molar-refractivity contribution in [2.45, 2.75) is 18.7 Å². The van der Waals surface area contributed by atoms with Gasteiger partial charge >= 0.3 is 0 Å². The van der Waals surface area contributed by atoms with Crippen LogP contribution in [0.25, 0.3) is 0 Å².